The van der Waals surface area contributed by atoms with Crippen molar-refractivity contribution in [1.29, 1.82) is 0 Å². The van der Waals surface area contributed by atoms with Crippen LogP contribution in [0.1, 0.15) is 48.9 Å². The minimum absolute atomic E-state index is 0.00803. The highest BCUT2D eigenvalue weighted by molar-refractivity contribution is 5.96. The lowest BCUT2D eigenvalue weighted by molar-refractivity contribution is -0.144. The number of allylic oxidation sites excluding steroid dienone is 1. The van der Waals surface area contributed by atoms with Crippen molar-refractivity contribution in [1.82, 2.24) is 0 Å². The fourth-order valence-corrected chi connectivity index (χ4v) is 1.65. The summed E-state index contributed by atoms with van der Waals surface area (Å²) in [6, 6.07) is 2.93. The number of Topliss-reactive ketones (excluding diaryl/α,β-unsaturated/α-hetero) is 1. The van der Waals surface area contributed by atoms with Crippen molar-refractivity contribution < 1.29 is 33.4 Å². The summed E-state index contributed by atoms with van der Waals surface area (Å²) in [6.45, 7) is 1.96. The predicted octanol–water partition coefficient (Wildman–Crippen LogP) is 2.25. The molecule has 0 unspecified atom stereocenters. The molecule has 1 aromatic heterocycles. The number of hydrogen-bond donors (Lipinski definition) is 1. The van der Waals surface area contributed by atoms with Gasteiger partial charge in [-0.15, -0.1) is 0 Å². The van der Waals surface area contributed by atoms with Gasteiger partial charge < -0.3 is 14.3 Å². The van der Waals surface area contributed by atoms with E-state index in [1.165, 1.54) is 24.3 Å². The molecule has 0 aliphatic rings. The van der Waals surface area contributed by atoms with E-state index in [4.69, 9.17) is 14.3 Å². The Morgan fingerprint density at radius 2 is 1.87 bits per heavy atom. The number of carbonyl (C=O) groups is 4. The molecule has 0 spiro atoms. The van der Waals surface area contributed by atoms with Crippen molar-refractivity contribution >= 4 is 29.6 Å². The quantitative estimate of drug-likeness (QED) is 0.399. The van der Waals surface area contributed by atoms with Crippen molar-refractivity contribution in [2.45, 2.75) is 32.6 Å². The molecule has 0 bridgehead atoms. The number of carboxylic acid groups (broad SMARTS) is 1. The van der Waals surface area contributed by atoms with Crippen molar-refractivity contribution in [2.75, 3.05) is 6.61 Å². The Balaban J connectivity index is 2.48. The van der Waals surface area contributed by atoms with Gasteiger partial charge in [0.2, 0.25) is 0 Å². The smallest absolute Gasteiger partial charge is 0.306 e. The molecule has 1 rings (SSSR count). The average molecular weight is 322 g/mol. The maximum atomic E-state index is 11.6. The van der Waals surface area contributed by atoms with Crippen molar-refractivity contribution in [3.05, 3.63) is 29.7 Å². The third kappa shape index (κ3) is 7.21. The summed E-state index contributed by atoms with van der Waals surface area (Å²) < 4.78 is 9.93. The molecule has 7 nitrogen and oxygen atoms in total. The fourth-order valence-electron chi connectivity index (χ4n) is 1.65. The Bertz CT molecular complexity index is 610. The van der Waals surface area contributed by atoms with E-state index in [2.05, 4.69) is 0 Å². The van der Waals surface area contributed by atoms with Gasteiger partial charge in [-0.2, -0.15) is 0 Å². The first kappa shape index (κ1) is 18.3. The van der Waals surface area contributed by atoms with Crippen LogP contribution >= 0.6 is 0 Å². The van der Waals surface area contributed by atoms with Crippen molar-refractivity contribution in [2.24, 2.45) is 0 Å². The molecule has 0 saturated heterocycles. The Labute approximate surface area is 132 Å². The van der Waals surface area contributed by atoms with E-state index in [1.807, 2.05) is 0 Å². The SMILES string of the molecule is CCOC(=O)CCC(=O)/C=C/c1ccc(C(=O)CCC(=O)O)o1. The number of aliphatic carboxylic acids is 1. The molecule has 0 atom stereocenters. The van der Waals surface area contributed by atoms with Crippen LogP contribution in [0.15, 0.2) is 22.6 Å². The monoisotopic (exact) mass is 322 g/mol. The first-order valence-electron chi connectivity index (χ1n) is 7.13. The maximum Gasteiger partial charge on any atom is 0.306 e. The van der Waals surface area contributed by atoms with E-state index in [9.17, 15) is 19.2 Å². The van der Waals surface area contributed by atoms with Crippen LogP contribution in [0.5, 0.6) is 0 Å². The molecule has 0 aromatic carbocycles. The van der Waals surface area contributed by atoms with Gasteiger partial charge in [0.05, 0.1) is 19.4 Å². The third-order valence-corrected chi connectivity index (χ3v) is 2.78. The summed E-state index contributed by atoms with van der Waals surface area (Å²) in [6.07, 6.45) is 2.26. The number of carbonyl (C=O) groups excluding carboxylic acids is 3. The van der Waals surface area contributed by atoms with Gasteiger partial charge in [-0.05, 0) is 31.2 Å². The van der Waals surface area contributed by atoms with Gasteiger partial charge in [0.25, 0.3) is 0 Å². The van der Waals surface area contributed by atoms with E-state index < -0.39 is 17.7 Å². The number of carboxylic acids is 1. The average Bonchev–Trinajstić information content (AvgIpc) is 2.97. The Morgan fingerprint density at radius 3 is 2.52 bits per heavy atom. The van der Waals surface area contributed by atoms with E-state index >= 15 is 0 Å². The maximum absolute atomic E-state index is 11.6. The molecule has 1 N–H and O–H groups in total. The van der Waals surface area contributed by atoms with Gasteiger partial charge in [0, 0.05) is 12.8 Å². The number of ether oxygens (including phenoxy) is 1. The van der Waals surface area contributed by atoms with Crippen LogP contribution in [0.2, 0.25) is 0 Å². The molecule has 0 radical (unpaired) electrons. The normalized spacial score (nSPS) is 10.7. The molecule has 124 valence electrons. The van der Waals surface area contributed by atoms with Crippen LogP contribution in [0, 0.1) is 0 Å². The first-order valence-corrected chi connectivity index (χ1v) is 7.13. The molecule has 0 aliphatic carbocycles. The summed E-state index contributed by atoms with van der Waals surface area (Å²) >= 11 is 0. The van der Waals surface area contributed by atoms with E-state index in [1.54, 1.807) is 6.92 Å². The molecular formula is C16H18O7. The van der Waals surface area contributed by atoms with Crippen molar-refractivity contribution in [3.63, 3.8) is 0 Å². The molecule has 1 aromatic rings. The van der Waals surface area contributed by atoms with E-state index in [0.29, 0.717) is 5.76 Å². The van der Waals surface area contributed by atoms with Gasteiger partial charge in [0.15, 0.2) is 17.3 Å². The number of hydrogen-bond acceptors (Lipinski definition) is 6. The second-order valence-corrected chi connectivity index (χ2v) is 4.62. The van der Waals surface area contributed by atoms with Gasteiger partial charge in [-0.1, -0.05) is 0 Å². The number of esters is 1. The highest BCUT2D eigenvalue weighted by Crippen LogP contribution is 2.13. The van der Waals surface area contributed by atoms with Gasteiger partial charge in [0.1, 0.15) is 5.76 Å². The molecule has 1 heterocycles. The lowest BCUT2D eigenvalue weighted by atomic mass is 10.2. The fraction of sp³-hybridized carbons (Fsp3) is 0.375. The van der Waals surface area contributed by atoms with Crippen LogP contribution in [0.4, 0.5) is 0 Å². The summed E-state index contributed by atoms with van der Waals surface area (Å²) in [5.41, 5.74) is 0. The highest BCUT2D eigenvalue weighted by atomic mass is 16.5. The molecule has 0 fully saturated rings. The van der Waals surface area contributed by atoms with E-state index in [-0.39, 0.29) is 43.8 Å². The van der Waals surface area contributed by atoms with Gasteiger partial charge in [-0.25, -0.2) is 0 Å². The van der Waals surface area contributed by atoms with E-state index in [0.717, 1.165) is 0 Å². The second-order valence-electron chi connectivity index (χ2n) is 4.62. The zero-order chi connectivity index (χ0) is 17.2. The molecule has 0 aliphatic heterocycles. The largest absolute Gasteiger partial charge is 0.481 e. The highest BCUT2D eigenvalue weighted by Gasteiger charge is 2.12. The zero-order valence-electron chi connectivity index (χ0n) is 12.7. The molecule has 23 heavy (non-hydrogen) atoms. The number of furan rings is 1. The first-order chi connectivity index (χ1) is 10.9. The zero-order valence-corrected chi connectivity index (χ0v) is 12.7. The van der Waals surface area contributed by atoms with Gasteiger partial charge >= 0.3 is 11.9 Å². The minimum atomic E-state index is -1.06. The molecule has 7 heteroatoms. The summed E-state index contributed by atoms with van der Waals surface area (Å²) in [5.74, 6) is -1.83. The summed E-state index contributed by atoms with van der Waals surface area (Å²) in [5, 5.41) is 8.52. The third-order valence-electron chi connectivity index (χ3n) is 2.78. The Kier molecular flexibility index (Phi) is 7.45. The Hall–Kier alpha value is -2.70. The lowest BCUT2D eigenvalue weighted by Crippen LogP contribution is -2.06. The minimum Gasteiger partial charge on any atom is -0.481 e. The lowest BCUT2D eigenvalue weighted by Gasteiger charge is -1.98. The second kappa shape index (κ2) is 9.34. The van der Waals surface area contributed by atoms with Crippen LogP contribution in [0.3, 0.4) is 0 Å². The van der Waals surface area contributed by atoms with Gasteiger partial charge in [-0.3, -0.25) is 19.2 Å². The standard InChI is InChI=1S/C16H18O7/c1-2-22-16(21)10-4-11(17)3-5-12-6-8-14(23-12)13(18)7-9-15(19)20/h3,5-6,8H,2,4,7,9-10H2,1H3,(H,19,20)/b5-3+. The van der Waals surface area contributed by atoms with Crippen LogP contribution in [0.25, 0.3) is 6.08 Å². The number of ketones is 2. The Morgan fingerprint density at radius 1 is 1.13 bits per heavy atom. The number of rotatable bonds is 10. The summed E-state index contributed by atoms with van der Waals surface area (Å²) in [7, 11) is 0. The predicted molar refractivity (Wildman–Crippen MR) is 79.8 cm³/mol. The van der Waals surface area contributed by atoms with Crippen LogP contribution in [-0.4, -0.2) is 35.2 Å². The molecule has 0 saturated carbocycles. The van der Waals surface area contributed by atoms with Crippen LogP contribution < -0.4 is 0 Å². The topological polar surface area (TPSA) is 111 Å². The van der Waals surface area contributed by atoms with Crippen molar-refractivity contribution in [3.8, 4) is 0 Å². The van der Waals surface area contributed by atoms with Crippen LogP contribution in [-0.2, 0) is 19.1 Å². The molecular weight excluding hydrogens is 304 g/mol. The summed E-state index contributed by atoms with van der Waals surface area (Å²) in [4.78, 5) is 44.7. The molecule has 0 amide bonds.